The van der Waals surface area contributed by atoms with E-state index in [4.69, 9.17) is 0 Å². The molecule has 0 aromatic heterocycles. The van der Waals surface area contributed by atoms with Crippen molar-refractivity contribution in [1.82, 2.24) is 14.7 Å². The highest BCUT2D eigenvalue weighted by Crippen LogP contribution is 2.31. The second-order valence-electron chi connectivity index (χ2n) is 6.77. The molecule has 0 aromatic rings. The first-order valence-electron chi connectivity index (χ1n) is 8.22. The maximum atomic E-state index is 12.7. The van der Waals surface area contributed by atoms with Gasteiger partial charge in [-0.3, -0.25) is 9.59 Å². The Morgan fingerprint density at radius 1 is 1.29 bits per heavy atom. The fourth-order valence-electron chi connectivity index (χ4n) is 2.91. The van der Waals surface area contributed by atoms with E-state index in [1.165, 1.54) is 12.8 Å². The van der Waals surface area contributed by atoms with Gasteiger partial charge in [-0.15, -0.1) is 0 Å². The van der Waals surface area contributed by atoms with Gasteiger partial charge in [-0.25, -0.2) is 0 Å². The SMILES string of the molecule is CCCN(CC1CC1)C(=O)[C@@H]1CC(=O)N(CCN(C)C)C1. The summed E-state index contributed by atoms with van der Waals surface area (Å²) in [5, 5.41) is 0. The van der Waals surface area contributed by atoms with Crippen LogP contribution in [0.3, 0.4) is 0 Å². The minimum atomic E-state index is -0.120. The second-order valence-corrected chi connectivity index (χ2v) is 6.77. The third-order valence-corrected chi connectivity index (χ3v) is 4.36. The zero-order valence-electron chi connectivity index (χ0n) is 13.7. The van der Waals surface area contributed by atoms with Crippen molar-refractivity contribution in [2.75, 3.05) is 46.8 Å². The van der Waals surface area contributed by atoms with Crippen LogP contribution in [-0.4, -0.2) is 73.3 Å². The van der Waals surface area contributed by atoms with Crippen molar-refractivity contribution in [3.8, 4) is 0 Å². The van der Waals surface area contributed by atoms with Crippen LogP contribution in [0.15, 0.2) is 0 Å². The maximum Gasteiger partial charge on any atom is 0.228 e. The summed E-state index contributed by atoms with van der Waals surface area (Å²) in [6, 6.07) is 0. The smallest absolute Gasteiger partial charge is 0.228 e. The van der Waals surface area contributed by atoms with E-state index in [1.807, 2.05) is 23.9 Å². The number of carbonyl (C=O) groups excluding carboxylic acids is 2. The molecule has 2 amide bonds. The minimum Gasteiger partial charge on any atom is -0.342 e. The summed E-state index contributed by atoms with van der Waals surface area (Å²) < 4.78 is 0. The normalized spacial score (nSPS) is 22.2. The molecule has 0 N–H and O–H groups in total. The quantitative estimate of drug-likeness (QED) is 0.672. The Labute approximate surface area is 128 Å². The van der Waals surface area contributed by atoms with Gasteiger partial charge < -0.3 is 14.7 Å². The zero-order chi connectivity index (χ0) is 15.4. The molecule has 0 unspecified atom stereocenters. The third kappa shape index (κ3) is 4.70. The Morgan fingerprint density at radius 2 is 2.00 bits per heavy atom. The summed E-state index contributed by atoms with van der Waals surface area (Å²) in [6.07, 6.45) is 3.90. The summed E-state index contributed by atoms with van der Waals surface area (Å²) >= 11 is 0. The Morgan fingerprint density at radius 3 is 2.57 bits per heavy atom. The van der Waals surface area contributed by atoms with E-state index in [1.54, 1.807) is 0 Å². The average molecular weight is 295 g/mol. The molecule has 5 nitrogen and oxygen atoms in total. The molecule has 0 bridgehead atoms. The summed E-state index contributed by atoms with van der Waals surface area (Å²) in [4.78, 5) is 30.6. The molecule has 21 heavy (non-hydrogen) atoms. The number of nitrogens with zero attached hydrogens (tertiary/aromatic N) is 3. The lowest BCUT2D eigenvalue weighted by molar-refractivity contribution is -0.136. The molecule has 0 spiro atoms. The Bertz CT molecular complexity index is 380. The molecule has 1 aliphatic heterocycles. The van der Waals surface area contributed by atoms with Crippen molar-refractivity contribution in [3.63, 3.8) is 0 Å². The van der Waals surface area contributed by atoms with Gasteiger partial charge in [0.05, 0.1) is 5.92 Å². The number of hydrogen-bond donors (Lipinski definition) is 0. The zero-order valence-corrected chi connectivity index (χ0v) is 13.7. The molecule has 0 aromatic carbocycles. The lowest BCUT2D eigenvalue weighted by Gasteiger charge is -2.25. The topological polar surface area (TPSA) is 43.9 Å². The van der Waals surface area contributed by atoms with E-state index in [2.05, 4.69) is 11.8 Å². The molecular weight excluding hydrogens is 266 g/mol. The van der Waals surface area contributed by atoms with Gasteiger partial charge in [0.2, 0.25) is 11.8 Å². The number of rotatable bonds is 8. The molecule has 120 valence electrons. The van der Waals surface area contributed by atoms with Crippen LogP contribution in [-0.2, 0) is 9.59 Å². The van der Waals surface area contributed by atoms with E-state index in [0.29, 0.717) is 18.9 Å². The van der Waals surface area contributed by atoms with Gasteiger partial charge in [0.1, 0.15) is 0 Å². The van der Waals surface area contributed by atoms with Gasteiger partial charge in [-0.2, -0.15) is 0 Å². The van der Waals surface area contributed by atoms with Crippen LogP contribution in [0.4, 0.5) is 0 Å². The van der Waals surface area contributed by atoms with Gasteiger partial charge in [0, 0.05) is 39.1 Å². The van der Waals surface area contributed by atoms with Crippen molar-refractivity contribution in [1.29, 1.82) is 0 Å². The highest BCUT2D eigenvalue weighted by atomic mass is 16.2. The van der Waals surface area contributed by atoms with Crippen molar-refractivity contribution >= 4 is 11.8 Å². The second kappa shape index (κ2) is 7.25. The summed E-state index contributed by atoms with van der Waals surface area (Å²) in [7, 11) is 4.00. The van der Waals surface area contributed by atoms with Crippen molar-refractivity contribution in [2.45, 2.75) is 32.6 Å². The molecule has 2 fully saturated rings. The number of likely N-dealkylation sites (tertiary alicyclic amines) is 1. The van der Waals surface area contributed by atoms with Crippen LogP contribution in [0.5, 0.6) is 0 Å². The summed E-state index contributed by atoms with van der Waals surface area (Å²) in [5.74, 6) is 0.926. The van der Waals surface area contributed by atoms with Crippen molar-refractivity contribution in [3.05, 3.63) is 0 Å². The molecule has 2 rings (SSSR count). The lowest BCUT2D eigenvalue weighted by Crippen LogP contribution is -2.39. The van der Waals surface area contributed by atoms with Gasteiger partial charge in [0.15, 0.2) is 0 Å². The molecule has 1 saturated carbocycles. The standard InChI is InChI=1S/C16H29N3O2/c1-4-7-19(11-13-5-6-13)16(21)14-10-15(20)18(12-14)9-8-17(2)3/h13-14H,4-12H2,1-3H3/t14-/m1/s1. The summed E-state index contributed by atoms with van der Waals surface area (Å²) in [5.41, 5.74) is 0. The van der Waals surface area contributed by atoms with Crippen LogP contribution in [0.1, 0.15) is 32.6 Å². The number of hydrogen-bond acceptors (Lipinski definition) is 3. The van der Waals surface area contributed by atoms with Crippen LogP contribution < -0.4 is 0 Å². The monoisotopic (exact) mass is 295 g/mol. The van der Waals surface area contributed by atoms with Crippen LogP contribution in [0.2, 0.25) is 0 Å². The molecule has 1 heterocycles. The van der Waals surface area contributed by atoms with E-state index in [9.17, 15) is 9.59 Å². The molecule has 1 aliphatic carbocycles. The predicted octanol–water partition coefficient (Wildman–Crippen LogP) is 1.05. The minimum absolute atomic E-state index is 0.120. The largest absolute Gasteiger partial charge is 0.342 e. The van der Waals surface area contributed by atoms with Crippen molar-refractivity contribution < 1.29 is 9.59 Å². The highest BCUT2D eigenvalue weighted by molar-refractivity contribution is 5.89. The first-order valence-corrected chi connectivity index (χ1v) is 8.22. The fraction of sp³-hybridized carbons (Fsp3) is 0.875. The van der Waals surface area contributed by atoms with E-state index in [0.717, 1.165) is 32.6 Å². The Kier molecular flexibility index (Phi) is 5.62. The molecule has 1 atom stereocenters. The molecular formula is C16H29N3O2. The van der Waals surface area contributed by atoms with E-state index in [-0.39, 0.29) is 17.7 Å². The fourth-order valence-corrected chi connectivity index (χ4v) is 2.91. The lowest BCUT2D eigenvalue weighted by atomic mass is 10.1. The number of amides is 2. The van der Waals surface area contributed by atoms with E-state index >= 15 is 0 Å². The van der Waals surface area contributed by atoms with Crippen molar-refractivity contribution in [2.24, 2.45) is 11.8 Å². The highest BCUT2D eigenvalue weighted by Gasteiger charge is 2.37. The maximum absolute atomic E-state index is 12.7. The average Bonchev–Trinajstić information content (AvgIpc) is 3.17. The van der Waals surface area contributed by atoms with Crippen LogP contribution >= 0.6 is 0 Å². The predicted molar refractivity (Wildman–Crippen MR) is 82.8 cm³/mol. The van der Waals surface area contributed by atoms with Gasteiger partial charge in [-0.1, -0.05) is 6.92 Å². The first kappa shape index (κ1) is 16.3. The van der Waals surface area contributed by atoms with E-state index < -0.39 is 0 Å². The number of carbonyl (C=O) groups is 2. The van der Waals surface area contributed by atoms with Gasteiger partial charge in [0.25, 0.3) is 0 Å². The molecule has 2 aliphatic rings. The molecule has 1 saturated heterocycles. The summed E-state index contributed by atoms with van der Waals surface area (Å²) in [6.45, 7) is 6.03. The number of likely N-dealkylation sites (N-methyl/N-ethyl adjacent to an activating group) is 1. The molecule has 5 heteroatoms. The van der Waals surface area contributed by atoms with Gasteiger partial charge in [-0.05, 0) is 39.3 Å². The molecule has 0 radical (unpaired) electrons. The first-order chi connectivity index (χ1) is 10.0. The van der Waals surface area contributed by atoms with Crippen LogP contribution in [0.25, 0.3) is 0 Å². The van der Waals surface area contributed by atoms with Crippen LogP contribution in [0, 0.1) is 11.8 Å². The Balaban J connectivity index is 1.87. The van der Waals surface area contributed by atoms with Gasteiger partial charge >= 0.3 is 0 Å². The third-order valence-electron chi connectivity index (χ3n) is 4.36. The Hall–Kier alpha value is -1.10.